The van der Waals surface area contributed by atoms with Crippen molar-refractivity contribution in [2.75, 3.05) is 13.7 Å². The standard InChI is InChI=1S/C18H21NO4S/c1-3-13-4-7-17(8-5-13)24(20,21)19-15-10-14-11-16(22-2)6-9-18(14)23-12-15/h4-9,11,15,19H,3,10,12H2,1-2H3/t15-/m0/s1. The van der Waals surface area contributed by atoms with Gasteiger partial charge in [0.25, 0.3) is 0 Å². The van der Waals surface area contributed by atoms with Crippen LogP contribution in [0.3, 0.4) is 0 Å². The van der Waals surface area contributed by atoms with Crippen LogP contribution in [0.15, 0.2) is 47.4 Å². The average molecular weight is 347 g/mol. The van der Waals surface area contributed by atoms with Crippen LogP contribution in [-0.2, 0) is 22.9 Å². The van der Waals surface area contributed by atoms with Gasteiger partial charge in [-0.2, -0.15) is 0 Å². The number of benzene rings is 2. The molecule has 3 rings (SSSR count). The lowest BCUT2D eigenvalue weighted by Crippen LogP contribution is -2.42. The molecule has 1 heterocycles. The van der Waals surface area contributed by atoms with E-state index in [1.165, 1.54) is 0 Å². The highest BCUT2D eigenvalue weighted by atomic mass is 32.2. The summed E-state index contributed by atoms with van der Waals surface area (Å²) in [5, 5.41) is 0. The zero-order valence-corrected chi connectivity index (χ0v) is 14.6. The van der Waals surface area contributed by atoms with Gasteiger partial charge in [0.15, 0.2) is 0 Å². The number of hydrogen-bond donors (Lipinski definition) is 1. The lowest BCUT2D eigenvalue weighted by atomic mass is 10.0. The van der Waals surface area contributed by atoms with Crippen LogP contribution >= 0.6 is 0 Å². The van der Waals surface area contributed by atoms with Crippen molar-refractivity contribution in [3.63, 3.8) is 0 Å². The van der Waals surface area contributed by atoms with Crippen molar-refractivity contribution in [3.05, 3.63) is 53.6 Å². The molecular weight excluding hydrogens is 326 g/mol. The third-order valence-electron chi connectivity index (χ3n) is 4.14. The normalized spacial score (nSPS) is 17.0. The van der Waals surface area contributed by atoms with Crippen LogP contribution in [-0.4, -0.2) is 28.2 Å². The summed E-state index contributed by atoms with van der Waals surface area (Å²) in [6.07, 6.45) is 1.45. The molecule has 0 radical (unpaired) electrons. The molecule has 2 aromatic rings. The molecule has 6 heteroatoms. The van der Waals surface area contributed by atoms with Gasteiger partial charge in [0, 0.05) is 0 Å². The molecule has 0 saturated heterocycles. The van der Waals surface area contributed by atoms with E-state index in [0.717, 1.165) is 29.0 Å². The second-order valence-corrected chi connectivity index (χ2v) is 7.52. The van der Waals surface area contributed by atoms with Crippen LogP contribution < -0.4 is 14.2 Å². The number of hydrogen-bond acceptors (Lipinski definition) is 4. The third-order valence-corrected chi connectivity index (χ3v) is 5.67. The van der Waals surface area contributed by atoms with E-state index in [0.29, 0.717) is 13.0 Å². The Labute approximate surface area is 142 Å². The zero-order chi connectivity index (χ0) is 17.2. The van der Waals surface area contributed by atoms with E-state index in [1.54, 1.807) is 19.2 Å². The van der Waals surface area contributed by atoms with E-state index in [2.05, 4.69) is 4.72 Å². The van der Waals surface area contributed by atoms with Crippen molar-refractivity contribution < 1.29 is 17.9 Å². The van der Waals surface area contributed by atoms with Crippen molar-refractivity contribution in [3.8, 4) is 11.5 Å². The van der Waals surface area contributed by atoms with E-state index in [-0.39, 0.29) is 10.9 Å². The Morgan fingerprint density at radius 3 is 2.62 bits per heavy atom. The minimum absolute atomic E-state index is 0.274. The minimum atomic E-state index is -3.56. The second-order valence-electron chi connectivity index (χ2n) is 5.80. The Morgan fingerprint density at radius 2 is 1.96 bits per heavy atom. The Hall–Kier alpha value is -2.05. The number of aryl methyl sites for hydroxylation is 1. The summed E-state index contributed by atoms with van der Waals surface area (Å²) in [6, 6.07) is 12.2. The molecule has 1 atom stereocenters. The van der Waals surface area contributed by atoms with Crippen LogP contribution in [0.25, 0.3) is 0 Å². The van der Waals surface area contributed by atoms with E-state index in [9.17, 15) is 8.42 Å². The number of sulfonamides is 1. The van der Waals surface area contributed by atoms with E-state index < -0.39 is 10.0 Å². The summed E-state index contributed by atoms with van der Waals surface area (Å²) in [5.41, 5.74) is 2.05. The molecule has 0 bridgehead atoms. The highest BCUT2D eigenvalue weighted by Crippen LogP contribution is 2.29. The number of nitrogens with one attached hydrogen (secondary N) is 1. The van der Waals surface area contributed by atoms with E-state index >= 15 is 0 Å². The molecule has 0 fully saturated rings. The fourth-order valence-electron chi connectivity index (χ4n) is 2.77. The van der Waals surface area contributed by atoms with Crippen molar-refractivity contribution in [1.29, 1.82) is 0 Å². The van der Waals surface area contributed by atoms with Crippen LogP contribution in [0.2, 0.25) is 0 Å². The van der Waals surface area contributed by atoms with Gasteiger partial charge in [-0.15, -0.1) is 0 Å². The molecule has 0 aromatic heterocycles. The summed E-state index contributed by atoms with van der Waals surface area (Å²) in [6.45, 7) is 2.35. The summed E-state index contributed by atoms with van der Waals surface area (Å²) >= 11 is 0. The molecule has 128 valence electrons. The first-order chi connectivity index (χ1) is 11.5. The van der Waals surface area contributed by atoms with Crippen molar-refractivity contribution in [1.82, 2.24) is 4.72 Å². The molecule has 0 unspecified atom stereocenters. The topological polar surface area (TPSA) is 64.6 Å². The van der Waals surface area contributed by atoms with Gasteiger partial charge >= 0.3 is 0 Å². The highest BCUT2D eigenvalue weighted by molar-refractivity contribution is 7.89. The first-order valence-electron chi connectivity index (χ1n) is 7.93. The number of ether oxygens (including phenoxy) is 2. The molecule has 0 spiro atoms. The molecule has 0 aliphatic carbocycles. The van der Waals surface area contributed by atoms with Gasteiger partial charge in [-0.1, -0.05) is 19.1 Å². The first kappa shape index (κ1) is 16.8. The monoisotopic (exact) mass is 347 g/mol. The highest BCUT2D eigenvalue weighted by Gasteiger charge is 2.25. The Bertz CT molecular complexity index is 815. The van der Waals surface area contributed by atoms with Gasteiger partial charge in [-0.05, 0) is 54.3 Å². The molecule has 1 aliphatic heterocycles. The van der Waals surface area contributed by atoms with Gasteiger partial charge in [0.2, 0.25) is 10.0 Å². The van der Waals surface area contributed by atoms with Crippen LogP contribution in [0.5, 0.6) is 11.5 Å². The smallest absolute Gasteiger partial charge is 0.240 e. The van der Waals surface area contributed by atoms with Crippen molar-refractivity contribution in [2.45, 2.75) is 30.7 Å². The van der Waals surface area contributed by atoms with Gasteiger partial charge in [0.1, 0.15) is 18.1 Å². The molecule has 0 saturated carbocycles. The van der Waals surface area contributed by atoms with E-state index in [4.69, 9.17) is 9.47 Å². The van der Waals surface area contributed by atoms with Gasteiger partial charge in [-0.3, -0.25) is 0 Å². The number of rotatable bonds is 5. The SMILES string of the molecule is CCc1ccc(S(=O)(=O)N[C@@H]2COc3ccc(OC)cc3C2)cc1. The second kappa shape index (κ2) is 6.83. The van der Waals surface area contributed by atoms with Crippen LogP contribution in [0.1, 0.15) is 18.1 Å². The van der Waals surface area contributed by atoms with Gasteiger partial charge in [0.05, 0.1) is 18.0 Å². The molecule has 0 amide bonds. The maximum Gasteiger partial charge on any atom is 0.240 e. The molecule has 1 aliphatic rings. The average Bonchev–Trinajstić information content (AvgIpc) is 2.60. The molecule has 24 heavy (non-hydrogen) atoms. The zero-order valence-electron chi connectivity index (χ0n) is 13.8. The summed E-state index contributed by atoms with van der Waals surface area (Å²) < 4.78 is 38.7. The summed E-state index contributed by atoms with van der Waals surface area (Å²) in [7, 11) is -1.96. The van der Waals surface area contributed by atoms with Gasteiger partial charge < -0.3 is 9.47 Å². The van der Waals surface area contributed by atoms with Crippen LogP contribution in [0.4, 0.5) is 0 Å². The van der Waals surface area contributed by atoms with Crippen molar-refractivity contribution in [2.24, 2.45) is 0 Å². The lowest BCUT2D eigenvalue weighted by molar-refractivity contribution is 0.253. The predicted octanol–water partition coefficient (Wildman–Crippen LogP) is 2.54. The molecule has 2 aromatic carbocycles. The molecule has 5 nitrogen and oxygen atoms in total. The third kappa shape index (κ3) is 3.55. The predicted molar refractivity (Wildman–Crippen MR) is 92.1 cm³/mol. The molecular formula is C18H21NO4S. The largest absolute Gasteiger partial charge is 0.497 e. The molecule has 1 N–H and O–H groups in total. The van der Waals surface area contributed by atoms with Gasteiger partial charge in [-0.25, -0.2) is 13.1 Å². The maximum absolute atomic E-state index is 12.5. The minimum Gasteiger partial charge on any atom is -0.497 e. The number of fused-ring (bicyclic) bond motifs is 1. The fourth-order valence-corrected chi connectivity index (χ4v) is 3.99. The Balaban J connectivity index is 1.75. The first-order valence-corrected chi connectivity index (χ1v) is 9.41. The maximum atomic E-state index is 12.5. The Kier molecular flexibility index (Phi) is 4.78. The number of methoxy groups -OCH3 is 1. The van der Waals surface area contributed by atoms with E-state index in [1.807, 2.05) is 37.3 Å². The lowest BCUT2D eigenvalue weighted by Gasteiger charge is -2.26. The summed E-state index contributed by atoms with van der Waals surface area (Å²) in [5.74, 6) is 1.51. The summed E-state index contributed by atoms with van der Waals surface area (Å²) in [4.78, 5) is 0.274. The van der Waals surface area contributed by atoms with Crippen LogP contribution in [0, 0.1) is 0 Å². The fraction of sp³-hybridized carbons (Fsp3) is 0.333. The quantitative estimate of drug-likeness (QED) is 0.903. The Morgan fingerprint density at radius 1 is 1.21 bits per heavy atom. The van der Waals surface area contributed by atoms with Crippen molar-refractivity contribution >= 4 is 10.0 Å².